The van der Waals surface area contributed by atoms with Crippen molar-refractivity contribution in [2.24, 2.45) is 0 Å². The van der Waals surface area contributed by atoms with Crippen LogP contribution in [0.1, 0.15) is 31.4 Å². The van der Waals surface area contributed by atoms with E-state index >= 15 is 0 Å². The SMILES string of the molecule is CCC(C)N1CCN(C(=O)Cc2ccccc2C)CC1. The number of hydrogen-bond acceptors (Lipinski definition) is 2. The van der Waals surface area contributed by atoms with Crippen LogP contribution in [0.2, 0.25) is 0 Å². The van der Waals surface area contributed by atoms with Crippen LogP contribution in [0.5, 0.6) is 0 Å². The fourth-order valence-electron chi connectivity index (χ4n) is 2.75. The first-order chi connectivity index (χ1) is 9.61. The zero-order valence-corrected chi connectivity index (χ0v) is 12.9. The predicted molar refractivity (Wildman–Crippen MR) is 82.8 cm³/mol. The first-order valence-electron chi connectivity index (χ1n) is 7.68. The topological polar surface area (TPSA) is 23.6 Å². The Morgan fingerprint density at radius 3 is 2.45 bits per heavy atom. The Hall–Kier alpha value is -1.35. The lowest BCUT2D eigenvalue weighted by Gasteiger charge is -2.38. The lowest BCUT2D eigenvalue weighted by atomic mass is 10.0. The van der Waals surface area contributed by atoms with Crippen molar-refractivity contribution < 1.29 is 4.79 Å². The number of benzene rings is 1. The average molecular weight is 274 g/mol. The van der Waals surface area contributed by atoms with Gasteiger partial charge in [0, 0.05) is 32.2 Å². The molecule has 1 aromatic carbocycles. The molecule has 0 saturated carbocycles. The molecule has 1 unspecified atom stereocenters. The molecule has 0 N–H and O–H groups in total. The third kappa shape index (κ3) is 3.60. The zero-order chi connectivity index (χ0) is 14.5. The lowest BCUT2D eigenvalue weighted by Crippen LogP contribution is -2.51. The summed E-state index contributed by atoms with van der Waals surface area (Å²) < 4.78 is 0. The summed E-state index contributed by atoms with van der Waals surface area (Å²) in [4.78, 5) is 16.9. The summed E-state index contributed by atoms with van der Waals surface area (Å²) in [6.07, 6.45) is 1.72. The summed E-state index contributed by atoms with van der Waals surface area (Å²) in [5, 5.41) is 0. The van der Waals surface area contributed by atoms with E-state index in [1.165, 1.54) is 12.0 Å². The smallest absolute Gasteiger partial charge is 0.227 e. The van der Waals surface area contributed by atoms with Gasteiger partial charge >= 0.3 is 0 Å². The highest BCUT2D eigenvalue weighted by atomic mass is 16.2. The number of amides is 1. The first kappa shape index (κ1) is 15.0. The van der Waals surface area contributed by atoms with Crippen molar-refractivity contribution in [3.63, 3.8) is 0 Å². The molecular formula is C17H26N2O. The van der Waals surface area contributed by atoms with Gasteiger partial charge < -0.3 is 4.90 Å². The van der Waals surface area contributed by atoms with Crippen LogP contribution in [-0.2, 0) is 11.2 Å². The van der Waals surface area contributed by atoms with Crippen LogP contribution < -0.4 is 0 Å². The third-order valence-corrected chi connectivity index (χ3v) is 4.48. The van der Waals surface area contributed by atoms with E-state index in [-0.39, 0.29) is 5.91 Å². The van der Waals surface area contributed by atoms with E-state index in [0.717, 1.165) is 31.7 Å². The fourth-order valence-corrected chi connectivity index (χ4v) is 2.75. The van der Waals surface area contributed by atoms with Gasteiger partial charge in [-0.25, -0.2) is 0 Å². The van der Waals surface area contributed by atoms with Gasteiger partial charge in [-0.1, -0.05) is 31.2 Å². The molecular weight excluding hydrogens is 248 g/mol. The van der Waals surface area contributed by atoms with Crippen molar-refractivity contribution in [1.29, 1.82) is 0 Å². The summed E-state index contributed by atoms with van der Waals surface area (Å²) >= 11 is 0. The molecule has 0 bridgehead atoms. The van der Waals surface area contributed by atoms with Gasteiger partial charge in [0.15, 0.2) is 0 Å². The molecule has 3 heteroatoms. The molecule has 0 radical (unpaired) electrons. The van der Waals surface area contributed by atoms with Gasteiger partial charge in [-0.15, -0.1) is 0 Å². The average Bonchev–Trinajstić information content (AvgIpc) is 2.49. The van der Waals surface area contributed by atoms with Crippen molar-refractivity contribution in [2.75, 3.05) is 26.2 Å². The van der Waals surface area contributed by atoms with Crippen molar-refractivity contribution in [2.45, 2.75) is 39.7 Å². The Kier molecular flexibility index (Phi) is 5.18. The van der Waals surface area contributed by atoms with E-state index in [4.69, 9.17) is 0 Å². The number of hydrogen-bond donors (Lipinski definition) is 0. The molecule has 1 aromatic rings. The minimum atomic E-state index is 0.267. The van der Waals surface area contributed by atoms with E-state index in [2.05, 4.69) is 37.8 Å². The Labute approximate surface area is 122 Å². The van der Waals surface area contributed by atoms with E-state index in [0.29, 0.717) is 12.5 Å². The molecule has 1 fully saturated rings. The van der Waals surface area contributed by atoms with Gasteiger partial charge in [0.2, 0.25) is 5.91 Å². The number of carbonyl (C=O) groups is 1. The fraction of sp³-hybridized carbons (Fsp3) is 0.588. The number of aryl methyl sites for hydroxylation is 1. The number of carbonyl (C=O) groups excluding carboxylic acids is 1. The summed E-state index contributed by atoms with van der Waals surface area (Å²) in [6.45, 7) is 10.3. The molecule has 20 heavy (non-hydrogen) atoms. The Balaban J connectivity index is 1.88. The van der Waals surface area contributed by atoms with Crippen LogP contribution in [-0.4, -0.2) is 47.9 Å². The molecule has 0 aromatic heterocycles. The van der Waals surface area contributed by atoms with Crippen LogP contribution in [0.4, 0.5) is 0 Å². The van der Waals surface area contributed by atoms with E-state index in [1.807, 2.05) is 17.0 Å². The second kappa shape index (κ2) is 6.89. The molecule has 2 rings (SSSR count). The molecule has 0 spiro atoms. The molecule has 110 valence electrons. The second-order valence-electron chi connectivity index (χ2n) is 5.78. The van der Waals surface area contributed by atoms with Crippen LogP contribution in [0, 0.1) is 6.92 Å². The van der Waals surface area contributed by atoms with Gasteiger partial charge in [-0.05, 0) is 31.4 Å². The van der Waals surface area contributed by atoms with Crippen LogP contribution in [0.15, 0.2) is 24.3 Å². The molecule has 0 aliphatic carbocycles. The van der Waals surface area contributed by atoms with Gasteiger partial charge in [0.1, 0.15) is 0 Å². The summed E-state index contributed by atoms with van der Waals surface area (Å²) in [5.74, 6) is 0.267. The van der Waals surface area contributed by atoms with Crippen LogP contribution >= 0.6 is 0 Å². The lowest BCUT2D eigenvalue weighted by molar-refractivity contribution is -0.132. The van der Waals surface area contributed by atoms with Crippen molar-refractivity contribution in [1.82, 2.24) is 9.80 Å². The minimum Gasteiger partial charge on any atom is -0.340 e. The van der Waals surface area contributed by atoms with Crippen LogP contribution in [0.3, 0.4) is 0 Å². The normalized spacial score (nSPS) is 18.1. The van der Waals surface area contributed by atoms with E-state index < -0.39 is 0 Å². The number of rotatable bonds is 4. The Morgan fingerprint density at radius 2 is 1.85 bits per heavy atom. The quantitative estimate of drug-likeness (QED) is 0.842. The van der Waals surface area contributed by atoms with Gasteiger partial charge in [0.05, 0.1) is 6.42 Å². The summed E-state index contributed by atoms with van der Waals surface area (Å²) in [6, 6.07) is 8.79. The van der Waals surface area contributed by atoms with Crippen molar-refractivity contribution in [3.05, 3.63) is 35.4 Å². The number of nitrogens with zero attached hydrogens (tertiary/aromatic N) is 2. The molecule has 3 nitrogen and oxygen atoms in total. The second-order valence-corrected chi connectivity index (χ2v) is 5.78. The first-order valence-corrected chi connectivity index (χ1v) is 7.68. The molecule has 1 saturated heterocycles. The summed E-state index contributed by atoms with van der Waals surface area (Å²) in [5.41, 5.74) is 2.36. The Morgan fingerprint density at radius 1 is 1.20 bits per heavy atom. The predicted octanol–water partition coefficient (Wildman–Crippen LogP) is 2.48. The van der Waals surface area contributed by atoms with Gasteiger partial charge in [-0.3, -0.25) is 9.69 Å². The van der Waals surface area contributed by atoms with Crippen LogP contribution in [0.25, 0.3) is 0 Å². The molecule has 1 aliphatic rings. The van der Waals surface area contributed by atoms with E-state index in [9.17, 15) is 4.79 Å². The maximum absolute atomic E-state index is 12.4. The maximum Gasteiger partial charge on any atom is 0.227 e. The minimum absolute atomic E-state index is 0.267. The highest BCUT2D eigenvalue weighted by Gasteiger charge is 2.23. The highest BCUT2D eigenvalue weighted by Crippen LogP contribution is 2.12. The maximum atomic E-state index is 12.4. The van der Waals surface area contributed by atoms with Crippen molar-refractivity contribution in [3.8, 4) is 0 Å². The van der Waals surface area contributed by atoms with Gasteiger partial charge in [0.25, 0.3) is 0 Å². The zero-order valence-electron chi connectivity index (χ0n) is 12.9. The molecule has 1 atom stereocenters. The third-order valence-electron chi connectivity index (χ3n) is 4.48. The van der Waals surface area contributed by atoms with Gasteiger partial charge in [-0.2, -0.15) is 0 Å². The highest BCUT2D eigenvalue weighted by molar-refractivity contribution is 5.79. The largest absolute Gasteiger partial charge is 0.340 e. The monoisotopic (exact) mass is 274 g/mol. The standard InChI is InChI=1S/C17H26N2O/c1-4-15(3)18-9-11-19(12-10-18)17(20)13-16-8-6-5-7-14(16)2/h5-8,15H,4,9-13H2,1-3H3. The number of piperazine rings is 1. The summed E-state index contributed by atoms with van der Waals surface area (Å²) in [7, 11) is 0. The molecule has 1 aliphatic heterocycles. The Bertz CT molecular complexity index is 450. The van der Waals surface area contributed by atoms with Crippen molar-refractivity contribution >= 4 is 5.91 Å². The van der Waals surface area contributed by atoms with E-state index in [1.54, 1.807) is 0 Å². The molecule has 1 heterocycles. The molecule has 1 amide bonds.